The van der Waals surface area contributed by atoms with Crippen molar-refractivity contribution in [2.75, 3.05) is 40.8 Å². The van der Waals surface area contributed by atoms with E-state index in [0.717, 1.165) is 41.7 Å². The molecule has 20 heavy (non-hydrogen) atoms. The molecule has 0 bridgehead atoms. The van der Waals surface area contributed by atoms with Crippen LogP contribution < -0.4 is 5.32 Å². The molecule has 0 saturated carbocycles. The van der Waals surface area contributed by atoms with Crippen LogP contribution in [0.5, 0.6) is 0 Å². The van der Waals surface area contributed by atoms with Gasteiger partial charge >= 0.3 is 0 Å². The predicted octanol–water partition coefficient (Wildman–Crippen LogP) is 2.37. The number of hydrogen-bond donors (Lipinski definition) is 1. The van der Waals surface area contributed by atoms with Crippen LogP contribution in [0.15, 0.2) is 18.2 Å². The van der Waals surface area contributed by atoms with Crippen molar-refractivity contribution in [3.05, 3.63) is 33.8 Å². The average molecular weight is 316 g/mol. The molecule has 5 heteroatoms. The van der Waals surface area contributed by atoms with Crippen LogP contribution in [-0.2, 0) is 6.42 Å². The Morgan fingerprint density at radius 2 is 1.90 bits per heavy atom. The highest BCUT2D eigenvalue weighted by Gasteiger charge is 2.29. The standard InChI is InChI=1S/C15H23Cl2N3/c1-18-14(15-10-19(2)7-8-20(15)3)9-11-12(16)5-4-6-13(11)17/h4-6,14-15,18H,7-10H2,1-3H3. The van der Waals surface area contributed by atoms with E-state index in [9.17, 15) is 0 Å². The van der Waals surface area contributed by atoms with E-state index in [4.69, 9.17) is 23.2 Å². The van der Waals surface area contributed by atoms with E-state index in [1.165, 1.54) is 0 Å². The van der Waals surface area contributed by atoms with E-state index >= 15 is 0 Å². The molecule has 0 aromatic heterocycles. The minimum atomic E-state index is 0.333. The SMILES string of the molecule is CNC(Cc1c(Cl)cccc1Cl)C1CN(C)CCN1C. The van der Waals surface area contributed by atoms with Gasteiger partial charge in [-0.1, -0.05) is 29.3 Å². The van der Waals surface area contributed by atoms with Crippen molar-refractivity contribution in [1.82, 2.24) is 15.1 Å². The Labute approximate surface area is 131 Å². The van der Waals surface area contributed by atoms with Crippen LogP contribution in [-0.4, -0.2) is 62.7 Å². The van der Waals surface area contributed by atoms with E-state index in [1.807, 2.05) is 25.2 Å². The molecule has 2 atom stereocenters. The van der Waals surface area contributed by atoms with Gasteiger partial charge in [0.25, 0.3) is 0 Å². The number of nitrogens with one attached hydrogen (secondary N) is 1. The smallest absolute Gasteiger partial charge is 0.0453 e. The molecular weight excluding hydrogens is 293 g/mol. The molecule has 112 valence electrons. The summed E-state index contributed by atoms with van der Waals surface area (Å²) < 4.78 is 0. The Kier molecular flexibility index (Phi) is 5.70. The molecule has 2 unspecified atom stereocenters. The Morgan fingerprint density at radius 3 is 2.50 bits per heavy atom. The number of hydrogen-bond acceptors (Lipinski definition) is 3. The molecule has 1 aromatic rings. The first-order valence-corrected chi connectivity index (χ1v) is 7.77. The first kappa shape index (κ1) is 16.1. The van der Waals surface area contributed by atoms with Crippen molar-refractivity contribution < 1.29 is 0 Å². The van der Waals surface area contributed by atoms with Gasteiger partial charge in [0, 0.05) is 41.8 Å². The van der Waals surface area contributed by atoms with Crippen molar-refractivity contribution in [2.45, 2.75) is 18.5 Å². The van der Waals surface area contributed by atoms with Gasteiger partial charge in [-0.25, -0.2) is 0 Å². The van der Waals surface area contributed by atoms with Gasteiger partial charge in [-0.2, -0.15) is 0 Å². The quantitative estimate of drug-likeness (QED) is 0.920. The average Bonchev–Trinajstić information content (AvgIpc) is 2.42. The molecule has 1 N–H and O–H groups in total. The topological polar surface area (TPSA) is 18.5 Å². The second-order valence-corrected chi connectivity index (χ2v) is 6.42. The van der Waals surface area contributed by atoms with Crippen LogP contribution in [0.2, 0.25) is 10.0 Å². The second-order valence-electron chi connectivity index (χ2n) is 5.61. The lowest BCUT2D eigenvalue weighted by atomic mass is 9.96. The fourth-order valence-corrected chi connectivity index (χ4v) is 3.41. The number of halogens is 2. The molecule has 1 saturated heterocycles. The zero-order valence-corrected chi connectivity index (χ0v) is 13.9. The maximum atomic E-state index is 6.30. The van der Waals surface area contributed by atoms with Crippen LogP contribution in [0.3, 0.4) is 0 Å². The maximum Gasteiger partial charge on any atom is 0.0453 e. The van der Waals surface area contributed by atoms with Crippen LogP contribution in [0, 0.1) is 0 Å². The molecule has 0 spiro atoms. The third-order valence-electron chi connectivity index (χ3n) is 4.22. The minimum Gasteiger partial charge on any atom is -0.315 e. The first-order valence-electron chi connectivity index (χ1n) is 7.02. The summed E-state index contributed by atoms with van der Waals surface area (Å²) in [5, 5.41) is 4.95. The maximum absolute atomic E-state index is 6.30. The highest BCUT2D eigenvalue weighted by molar-refractivity contribution is 6.36. The largest absolute Gasteiger partial charge is 0.315 e. The van der Waals surface area contributed by atoms with E-state index in [1.54, 1.807) is 0 Å². The molecular formula is C15H23Cl2N3. The molecule has 1 heterocycles. The summed E-state index contributed by atoms with van der Waals surface area (Å²) in [5.41, 5.74) is 1.04. The summed E-state index contributed by atoms with van der Waals surface area (Å²) in [4.78, 5) is 4.80. The Bertz CT molecular complexity index is 432. The molecule has 0 amide bonds. The Hall–Kier alpha value is -0.320. The minimum absolute atomic E-state index is 0.333. The number of rotatable bonds is 4. The zero-order valence-electron chi connectivity index (χ0n) is 12.4. The van der Waals surface area contributed by atoms with Crippen LogP contribution in [0.4, 0.5) is 0 Å². The van der Waals surface area contributed by atoms with Crippen molar-refractivity contribution in [3.8, 4) is 0 Å². The van der Waals surface area contributed by atoms with Crippen LogP contribution >= 0.6 is 23.2 Å². The summed E-state index contributed by atoms with van der Waals surface area (Å²) in [6.07, 6.45) is 0.845. The normalized spacial score (nSPS) is 22.9. The number of nitrogens with zero attached hydrogens (tertiary/aromatic N) is 2. The van der Waals surface area contributed by atoms with Crippen LogP contribution in [0.1, 0.15) is 5.56 Å². The summed E-state index contributed by atoms with van der Waals surface area (Å²) in [7, 11) is 6.38. The summed E-state index contributed by atoms with van der Waals surface area (Å²) in [6.45, 7) is 3.27. The lowest BCUT2D eigenvalue weighted by Crippen LogP contribution is -2.58. The number of piperazine rings is 1. The molecule has 1 fully saturated rings. The van der Waals surface area contributed by atoms with Gasteiger partial charge in [0.15, 0.2) is 0 Å². The van der Waals surface area contributed by atoms with Gasteiger partial charge in [0.1, 0.15) is 0 Å². The van der Waals surface area contributed by atoms with Crippen molar-refractivity contribution in [2.24, 2.45) is 0 Å². The fourth-order valence-electron chi connectivity index (χ4n) is 2.86. The molecule has 0 aliphatic carbocycles. The van der Waals surface area contributed by atoms with Crippen molar-refractivity contribution in [1.29, 1.82) is 0 Å². The first-order chi connectivity index (χ1) is 9.52. The van der Waals surface area contributed by atoms with Gasteiger partial charge in [0.2, 0.25) is 0 Å². The van der Waals surface area contributed by atoms with Crippen molar-refractivity contribution in [3.63, 3.8) is 0 Å². The molecule has 3 nitrogen and oxygen atoms in total. The van der Waals surface area contributed by atoms with Gasteiger partial charge in [0.05, 0.1) is 0 Å². The monoisotopic (exact) mass is 315 g/mol. The number of likely N-dealkylation sites (N-methyl/N-ethyl adjacent to an activating group) is 3. The van der Waals surface area contributed by atoms with Gasteiger partial charge in [-0.15, -0.1) is 0 Å². The lowest BCUT2D eigenvalue weighted by molar-refractivity contribution is 0.0897. The summed E-state index contributed by atoms with van der Waals surface area (Å²) >= 11 is 12.6. The Morgan fingerprint density at radius 1 is 1.25 bits per heavy atom. The molecule has 0 radical (unpaired) electrons. The number of benzene rings is 1. The molecule has 2 rings (SSSR count). The van der Waals surface area contributed by atoms with Gasteiger partial charge in [-0.05, 0) is 45.3 Å². The highest BCUT2D eigenvalue weighted by atomic mass is 35.5. The third kappa shape index (κ3) is 3.66. The lowest BCUT2D eigenvalue weighted by Gasteiger charge is -2.42. The Balaban J connectivity index is 2.16. The van der Waals surface area contributed by atoms with E-state index in [-0.39, 0.29) is 0 Å². The van der Waals surface area contributed by atoms with Gasteiger partial charge < -0.3 is 10.2 Å². The second kappa shape index (κ2) is 7.10. The van der Waals surface area contributed by atoms with Crippen LogP contribution in [0.25, 0.3) is 0 Å². The molecule has 1 aliphatic heterocycles. The zero-order chi connectivity index (χ0) is 14.7. The summed E-state index contributed by atoms with van der Waals surface area (Å²) in [6, 6.07) is 6.51. The molecule has 1 aliphatic rings. The van der Waals surface area contributed by atoms with Gasteiger partial charge in [-0.3, -0.25) is 4.90 Å². The third-order valence-corrected chi connectivity index (χ3v) is 4.93. The summed E-state index contributed by atoms with van der Waals surface area (Å²) in [5.74, 6) is 0. The van der Waals surface area contributed by atoms with E-state index in [2.05, 4.69) is 29.2 Å². The highest BCUT2D eigenvalue weighted by Crippen LogP contribution is 2.27. The van der Waals surface area contributed by atoms with Crippen molar-refractivity contribution >= 4 is 23.2 Å². The van der Waals surface area contributed by atoms with E-state index in [0.29, 0.717) is 12.1 Å². The molecule has 1 aromatic carbocycles. The van der Waals surface area contributed by atoms with E-state index < -0.39 is 0 Å². The predicted molar refractivity (Wildman–Crippen MR) is 86.9 cm³/mol. The fraction of sp³-hybridized carbons (Fsp3) is 0.600.